The van der Waals surface area contributed by atoms with E-state index >= 15 is 4.39 Å². The molecular formula is C22H30FN3O9PS+. The van der Waals surface area contributed by atoms with Crippen molar-refractivity contribution < 1.29 is 37.9 Å². The molecule has 2 aromatic rings. The van der Waals surface area contributed by atoms with Crippen LogP contribution in [0.5, 0.6) is 5.75 Å². The third kappa shape index (κ3) is 6.77. The van der Waals surface area contributed by atoms with Gasteiger partial charge in [-0.1, -0.05) is 18.2 Å². The fourth-order valence-corrected chi connectivity index (χ4v) is 6.03. The first-order valence-corrected chi connectivity index (χ1v) is 14.0. The van der Waals surface area contributed by atoms with Gasteiger partial charge in [0.15, 0.2) is 18.6 Å². The largest absolute Gasteiger partial charge is 0.462 e. The van der Waals surface area contributed by atoms with Crippen LogP contribution in [0, 0.1) is 0 Å². The molecule has 0 bridgehead atoms. The van der Waals surface area contributed by atoms with Crippen LogP contribution in [0.25, 0.3) is 0 Å². The molecule has 1 aromatic heterocycles. The first kappa shape index (κ1) is 29.2. The van der Waals surface area contributed by atoms with Crippen molar-refractivity contribution in [2.24, 2.45) is 0 Å². The third-order valence-corrected chi connectivity index (χ3v) is 7.93. The second-order valence-corrected chi connectivity index (χ2v) is 12.3. The van der Waals surface area contributed by atoms with Gasteiger partial charge in [0.05, 0.1) is 18.4 Å². The van der Waals surface area contributed by atoms with Gasteiger partial charge in [0.2, 0.25) is 0 Å². The van der Waals surface area contributed by atoms with Gasteiger partial charge in [0.25, 0.3) is 11.4 Å². The lowest BCUT2D eigenvalue weighted by Crippen LogP contribution is -2.50. The maximum atomic E-state index is 15.9. The smallest absolute Gasteiger partial charge is 0.455 e. The van der Waals surface area contributed by atoms with Gasteiger partial charge in [-0.05, 0) is 39.8 Å². The maximum Gasteiger partial charge on any atom is 0.455 e. The zero-order valence-electron chi connectivity index (χ0n) is 20.5. The Kier molecular flexibility index (Phi) is 8.85. The Morgan fingerprint density at radius 2 is 1.95 bits per heavy atom. The number of aliphatic hydroxyl groups excluding tert-OH is 1. The highest BCUT2D eigenvalue weighted by molar-refractivity contribution is 8.48. The SMILES string of the molecule is CC(C)OC(=O)C(C)N[P+](S)(OC[C@@]1(F)O[C@@H](n2ccc(=O)[nH]c2=O)[C@](C)(O)[C@@H]1O)Oc1ccccc1. The van der Waals surface area contributed by atoms with Gasteiger partial charge in [-0.2, -0.15) is 4.52 Å². The normalized spacial score (nSPS) is 28.0. The Morgan fingerprint density at radius 3 is 2.54 bits per heavy atom. The van der Waals surface area contributed by atoms with Crippen LogP contribution in [0.4, 0.5) is 4.39 Å². The molecule has 1 fully saturated rings. The van der Waals surface area contributed by atoms with Gasteiger partial charge in [-0.15, -0.1) is 5.09 Å². The van der Waals surface area contributed by atoms with Crippen LogP contribution in [0.2, 0.25) is 0 Å². The topological polar surface area (TPSA) is 161 Å². The molecule has 1 aliphatic rings. The average Bonchev–Trinajstić information content (AvgIpc) is 2.98. The highest BCUT2D eigenvalue weighted by Crippen LogP contribution is 2.62. The second-order valence-electron chi connectivity index (χ2n) is 8.94. The van der Waals surface area contributed by atoms with E-state index in [2.05, 4.69) is 17.3 Å². The number of carbonyl (C=O) groups is 1. The molecule has 2 unspecified atom stereocenters. The van der Waals surface area contributed by atoms with E-state index in [-0.39, 0.29) is 5.75 Å². The standard InChI is InChI=1S/C22H29FN3O9PS/c1-13(2)33-17(28)14(3)25-36(37,35-15-8-6-5-7-9-15)32-12-22(23)18(29)21(4,31)19(34-22)26-11-10-16(27)24-20(26)30/h5-11,13-14,18-19,25,29,31,37H,12H2,1-4H3/p+1/t14?,18-,19+,21+,22+,36?/m0/s1. The molecule has 0 radical (unpaired) electrons. The van der Waals surface area contributed by atoms with Gasteiger partial charge in [0, 0.05) is 12.3 Å². The van der Waals surface area contributed by atoms with Crippen molar-refractivity contribution in [2.75, 3.05) is 6.61 Å². The number of aromatic amines is 1. The molecule has 0 spiro atoms. The monoisotopic (exact) mass is 562 g/mol. The maximum absolute atomic E-state index is 15.9. The number of alkyl halides is 1. The molecule has 1 aliphatic heterocycles. The number of aromatic nitrogens is 2. The first-order valence-electron chi connectivity index (χ1n) is 11.2. The van der Waals surface area contributed by atoms with Crippen LogP contribution in [-0.4, -0.2) is 62.0 Å². The molecule has 4 N–H and O–H groups in total. The molecule has 6 atom stereocenters. The summed E-state index contributed by atoms with van der Waals surface area (Å²) in [4.78, 5) is 37.9. The van der Waals surface area contributed by atoms with E-state index in [9.17, 15) is 24.6 Å². The number of H-pyrrole nitrogens is 1. The van der Waals surface area contributed by atoms with Crippen molar-refractivity contribution in [3.05, 3.63) is 63.4 Å². The summed E-state index contributed by atoms with van der Waals surface area (Å²) in [6.07, 6.45) is -3.33. The zero-order valence-corrected chi connectivity index (χ0v) is 22.3. The number of carbonyl (C=O) groups excluding carboxylic acids is 1. The van der Waals surface area contributed by atoms with E-state index in [0.717, 1.165) is 23.8 Å². The Hall–Kier alpha value is -2.32. The molecule has 0 saturated carbocycles. The van der Waals surface area contributed by atoms with Crippen molar-refractivity contribution in [3.8, 4) is 5.75 Å². The summed E-state index contributed by atoms with van der Waals surface area (Å²) in [6.45, 7) is 4.86. The van der Waals surface area contributed by atoms with E-state index in [0.29, 0.717) is 0 Å². The summed E-state index contributed by atoms with van der Waals surface area (Å²) in [5.74, 6) is -3.41. The van der Waals surface area contributed by atoms with Crippen LogP contribution < -0.4 is 20.9 Å². The summed E-state index contributed by atoms with van der Waals surface area (Å²) in [5.41, 5.74) is -4.02. The van der Waals surface area contributed by atoms with Crippen LogP contribution in [-0.2, 0) is 18.8 Å². The second kappa shape index (κ2) is 11.2. The van der Waals surface area contributed by atoms with Crippen molar-refractivity contribution in [3.63, 3.8) is 0 Å². The predicted molar refractivity (Wildman–Crippen MR) is 135 cm³/mol. The summed E-state index contributed by atoms with van der Waals surface area (Å²) in [5, 5.41) is 24.3. The molecule has 12 nitrogen and oxygen atoms in total. The highest BCUT2D eigenvalue weighted by atomic mass is 32.7. The molecule has 37 heavy (non-hydrogen) atoms. The molecule has 1 aromatic carbocycles. The lowest BCUT2D eigenvalue weighted by atomic mass is 9.95. The van der Waals surface area contributed by atoms with Crippen molar-refractivity contribution in [2.45, 2.75) is 63.6 Å². The number of nitrogens with zero attached hydrogens (tertiary/aromatic N) is 1. The summed E-state index contributed by atoms with van der Waals surface area (Å²) in [7, 11) is -3.60. The Balaban J connectivity index is 1.85. The fourth-order valence-electron chi connectivity index (χ4n) is 3.53. The van der Waals surface area contributed by atoms with Crippen LogP contribution in [0.3, 0.4) is 0 Å². The number of halogens is 1. The number of hydrogen-bond donors (Lipinski definition) is 5. The van der Waals surface area contributed by atoms with E-state index < -0.39 is 66.8 Å². The molecule has 0 amide bonds. The number of ether oxygens (including phenoxy) is 2. The molecule has 3 rings (SSSR count). The number of benzene rings is 1. The lowest BCUT2D eigenvalue weighted by Gasteiger charge is -2.28. The Bertz CT molecular complexity index is 1210. The predicted octanol–water partition coefficient (Wildman–Crippen LogP) is 1.48. The Morgan fingerprint density at radius 1 is 1.30 bits per heavy atom. The van der Waals surface area contributed by atoms with Gasteiger partial charge >= 0.3 is 18.7 Å². The molecule has 204 valence electrons. The molecule has 0 aliphatic carbocycles. The van der Waals surface area contributed by atoms with Crippen molar-refractivity contribution in [1.29, 1.82) is 0 Å². The van der Waals surface area contributed by atoms with E-state index in [1.54, 1.807) is 44.2 Å². The van der Waals surface area contributed by atoms with E-state index in [4.69, 9.17) is 18.5 Å². The van der Waals surface area contributed by atoms with Crippen LogP contribution in [0.1, 0.15) is 33.9 Å². The molecule has 2 heterocycles. The lowest BCUT2D eigenvalue weighted by molar-refractivity contribution is -0.203. The Labute approximate surface area is 217 Å². The number of para-hydroxylation sites is 1. The minimum atomic E-state index is -3.60. The molecular weight excluding hydrogens is 532 g/mol. The quantitative estimate of drug-likeness (QED) is 0.163. The summed E-state index contributed by atoms with van der Waals surface area (Å²) >= 11 is 4.44. The number of esters is 1. The average molecular weight is 563 g/mol. The molecule has 1 saturated heterocycles. The fraction of sp³-hybridized carbons (Fsp3) is 0.500. The van der Waals surface area contributed by atoms with Crippen LogP contribution in [0.15, 0.2) is 52.2 Å². The molecule has 15 heteroatoms. The first-order chi connectivity index (χ1) is 17.2. The number of aliphatic hydroxyl groups is 2. The van der Waals surface area contributed by atoms with Crippen LogP contribution >= 0.6 is 19.3 Å². The number of rotatable bonds is 10. The van der Waals surface area contributed by atoms with E-state index in [1.165, 1.54) is 6.92 Å². The minimum absolute atomic E-state index is 0.285. The van der Waals surface area contributed by atoms with Crippen molar-refractivity contribution >= 4 is 25.3 Å². The summed E-state index contributed by atoms with van der Waals surface area (Å²) < 4.78 is 38.6. The van der Waals surface area contributed by atoms with Gasteiger partial charge < -0.3 is 19.7 Å². The third-order valence-electron chi connectivity index (χ3n) is 5.34. The number of hydrogen-bond acceptors (Lipinski definition) is 11. The highest BCUT2D eigenvalue weighted by Gasteiger charge is 2.65. The number of thiol groups is 1. The van der Waals surface area contributed by atoms with Gasteiger partial charge in [-0.3, -0.25) is 23.7 Å². The number of nitrogens with one attached hydrogen (secondary N) is 2. The van der Waals surface area contributed by atoms with E-state index in [1.807, 2.05) is 4.98 Å². The minimum Gasteiger partial charge on any atom is -0.462 e. The van der Waals surface area contributed by atoms with Gasteiger partial charge in [-0.25, -0.2) is 9.18 Å². The van der Waals surface area contributed by atoms with Gasteiger partial charge in [0.1, 0.15) is 17.7 Å². The summed E-state index contributed by atoms with van der Waals surface area (Å²) in [6, 6.07) is 8.25. The zero-order chi connectivity index (χ0) is 27.6. The van der Waals surface area contributed by atoms with Crippen molar-refractivity contribution in [1.82, 2.24) is 14.6 Å².